The van der Waals surface area contributed by atoms with Crippen molar-refractivity contribution in [3.63, 3.8) is 0 Å². The number of esters is 1. The van der Waals surface area contributed by atoms with Gasteiger partial charge < -0.3 is 9.64 Å². The molecule has 2 rings (SSSR count). The van der Waals surface area contributed by atoms with Crippen molar-refractivity contribution in [2.45, 2.75) is 44.6 Å². The maximum absolute atomic E-state index is 12.4. The molecule has 2 fully saturated rings. The number of hydrogen-bond donors (Lipinski definition) is 0. The van der Waals surface area contributed by atoms with Crippen LogP contribution in [0.3, 0.4) is 0 Å². The molecule has 1 saturated heterocycles. The smallest absolute Gasteiger partial charge is 0.328 e. The van der Waals surface area contributed by atoms with Gasteiger partial charge in [0, 0.05) is 13.1 Å². The van der Waals surface area contributed by atoms with Gasteiger partial charge in [0.05, 0.1) is 19.9 Å². The van der Waals surface area contributed by atoms with Crippen LogP contribution in [0.1, 0.15) is 38.5 Å². The molecule has 1 saturated carbocycles. The van der Waals surface area contributed by atoms with E-state index < -0.39 is 22.0 Å². The topological polar surface area (TPSA) is 84.0 Å². The number of carbonyl (C=O) groups is 2. The van der Waals surface area contributed by atoms with Gasteiger partial charge >= 0.3 is 5.97 Å². The van der Waals surface area contributed by atoms with Crippen LogP contribution in [0, 0.1) is 5.92 Å². The summed E-state index contributed by atoms with van der Waals surface area (Å²) in [4.78, 5) is 26.0. The lowest BCUT2D eigenvalue weighted by atomic mass is 9.84. The van der Waals surface area contributed by atoms with Crippen molar-refractivity contribution in [2.75, 3.05) is 33.0 Å². The van der Waals surface area contributed by atoms with E-state index in [1.165, 1.54) is 18.4 Å². The molecular formula is C15H26N2O5S. The molecule has 1 atom stereocenters. The number of nitrogens with zero attached hydrogens (tertiary/aromatic N) is 2. The fourth-order valence-electron chi connectivity index (χ4n) is 3.50. The second kappa shape index (κ2) is 7.61. The van der Waals surface area contributed by atoms with Gasteiger partial charge in [-0.05, 0) is 12.3 Å². The van der Waals surface area contributed by atoms with Gasteiger partial charge in [0.25, 0.3) is 0 Å². The first-order chi connectivity index (χ1) is 10.8. The first-order valence-corrected chi connectivity index (χ1v) is 10.00. The molecular weight excluding hydrogens is 320 g/mol. The fourth-order valence-corrected chi connectivity index (χ4v) is 4.26. The summed E-state index contributed by atoms with van der Waals surface area (Å²) in [5.41, 5.74) is 0. The summed E-state index contributed by atoms with van der Waals surface area (Å²) in [5.74, 6) is -0.307. The highest BCUT2D eigenvalue weighted by molar-refractivity contribution is 7.88. The molecule has 0 aromatic rings. The van der Waals surface area contributed by atoms with Crippen molar-refractivity contribution < 1.29 is 22.7 Å². The molecule has 0 aromatic heterocycles. The van der Waals surface area contributed by atoms with Crippen LogP contribution in [0.5, 0.6) is 0 Å². The Hall–Kier alpha value is -1.15. The van der Waals surface area contributed by atoms with E-state index in [0.717, 1.165) is 36.2 Å². The number of carbonyl (C=O) groups excluding carboxylic acids is 2. The molecule has 8 heteroatoms. The highest BCUT2D eigenvalue weighted by atomic mass is 32.2. The third-order valence-electron chi connectivity index (χ3n) is 4.82. The summed E-state index contributed by atoms with van der Waals surface area (Å²) < 4.78 is 29.2. The first-order valence-electron chi connectivity index (χ1n) is 8.15. The Bertz CT molecular complexity index is 542. The van der Waals surface area contributed by atoms with Crippen LogP contribution in [0.2, 0.25) is 0 Å². The molecule has 1 aliphatic carbocycles. The Morgan fingerprint density at radius 2 is 1.91 bits per heavy atom. The van der Waals surface area contributed by atoms with Crippen LogP contribution in [-0.2, 0) is 24.3 Å². The van der Waals surface area contributed by atoms with E-state index in [2.05, 4.69) is 0 Å². The molecule has 1 unspecified atom stereocenters. The van der Waals surface area contributed by atoms with Gasteiger partial charge in [-0.25, -0.2) is 13.2 Å². The van der Waals surface area contributed by atoms with Gasteiger partial charge in [-0.3, -0.25) is 4.79 Å². The minimum atomic E-state index is -3.39. The Morgan fingerprint density at radius 1 is 1.26 bits per heavy atom. The van der Waals surface area contributed by atoms with E-state index in [-0.39, 0.29) is 25.5 Å². The molecule has 23 heavy (non-hydrogen) atoms. The van der Waals surface area contributed by atoms with Gasteiger partial charge in [0.15, 0.2) is 0 Å². The summed E-state index contributed by atoms with van der Waals surface area (Å²) in [7, 11) is -2.06. The van der Waals surface area contributed by atoms with Gasteiger partial charge in [-0.15, -0.1) is 0 Å². The van der Waals surface area contributed by atoms with Crippen molar-refractivity contribution in [3.8, 4) is 0 Å². The zero-order valence-corrected chi connectivity index (χ0v) is 14.7. The van der Waals surface area contributed by atoms with Crippen molar-refractivity contribution in [1.29, 1.82) is 0 Å². The van der Waals surface area contributed by atoms with E-state index in [0.29, 0.717) is 12.3 Å². The molecule has 0 bridgehead atoms. The predicted molar refractivity (Wildman–Crippen MR) is 85.1 cm³/mol. The third-order valence-corrected chi connectivity index (χ3v) is 6.07. The number of piperazine rings is 1. The van der Waals surface area contributed by atoms with Gasteiger partial charge in [0.1, 0.15) is 6.04 Å². The lowest BCUT2D eigenvalue weighted by Gasteiger charge is -2.38. The zero-order valence-electron chi connectivity index (χ0n) is 13.9. The molecule has 132 valence electrons. The highest BCUT2D eigenvalue weighted by Gasteiger charge is 2.38. The maximum Gasteiger partial charge on any atom is 0.328 e. The Balaban J connectivity index is 2.07. The lowest BCUT2D eigenvalue weighted by Crippen LogP contribution is -2.57. The SMILES string of the molecule is COC(=O)C(CC1CCCCC1)N1CCN(S(C)(=O)=O)CC1=O. The number of ether oxygens (including phenoxy) is 1. The van der Waals surface area contributed by atoms with Crippen LogP contribution in [-0.4, -0.2) is 68.5 Å². The molecule has 0 aromatic carbocycles. The fraction of sp³-hybridized carbons (Fsp3) is 0.867. The first kappa shape index (κ1) is 18.2. The van der Waals surface area contributed by atoms with Crippen LogP contribution in [0.25, 0.3) is 0 Å². The number of rotatable bonds is 5. The highest BCUT2D eigenvalue weighted by Crippen LogP contribution is 2.29. The van der Waals surface area contributed by atoms with E-state index in [4.69, 9.17) is 4.74 Å². The molecule has 0 N–H and O–H groups in total. The van der Waals surface area contributed by atoms with E-state index in [9.17, 15) is 18.0 Å². The van der Waals surface area contributed by atoms with Gasteiger partial charge in [-0.2, -0.15) is 4.31 Å². The molecule has 1 amide bonds. The van der Waals surface area contributed by atoms with Crippen molar-refractivity contribution in [2.24, 2.45) is 5.92 Å². The normalized spacial score (nSPS) is 22.9. The van der Waals surface area contributed by atoms with Crippen LogP contribution in [0.15, 0.2) is 0 Å². The van der Waals surface area contributed by atoms with Gasteiger partial charge in [0.2, 0.25) is 15.9 Å². The maximum atomic E-state index is 12.4. The predicted octanol–water partition coefficient (Wildman–Crippen LogP) is 0.602. The van der Waals surface area contributed by atoms with Crippen LogP contribution in [0.4, 0.5) is 0 Å². The molecule has 1 aliphatic heterocycles. The monoisotopic (exact) mass is 346 g/mol. The van der Waals surface area contributed by atoms with Crippen molar-refractivity contribution in [3.05, 3.63) is 0 Å². The van der Waals surface area contributed by atoms with E-state index in [1.807, 2.05) is 0 Å². The minimum absolute atomic E-state index is 0.197. The molecule has 0 spiro atoms. The number of methoxy groups -OCH3 is 1. The summed E-state index contributed by atoms with van der Waals surface area (Å²) in [5, 5.41) is 0. The largest absolute Gasteiger partial charge is 0.467 e. The molecule has 0 radical (unpaired) electrons. The second-order valence-electron chi connectivity index (χ2n) is 6.46. The Kier molecular flexibility index (Phi) is 6.02. The quantitative estimate of drug-likeness (QED) is 0.681. The average Bonchev–Trinajstić information content (AvgIpc) is 2.52. The standard InChI is InChI=1S/C15H26N2O5S/c1-22-15(19)13(10-12-6-4-3-5-7-12)17-9-8-16(11-14(17)18)23(2,20)21/h12-13H,3-11H2,1-2H3. The van der Waals surface area contributed by atoms with Crippen molar-refractivity contribution >= 4 is 21.9 Å². The summed E-state index contributed by atoms with van der Waals surface area (Å²) >= 11 is 0. The Labute approximate surface area is 138 Å². The van der Waals surface area contributed by atoms with Gasteiger partial charge in [-0.1, -0.05) is 32.1 Å². The molecule has 1 heterocycles. The number of hydrogen-bond acceptors (Lipinski definition) is 5. The van der Waals surface area contributed by atoms with E-state index >= 15 is 0 Å². The average molecular weight is 346 g/mol. The van der Waals surface area contributed by atoms with Crippen molar-refractivity contribution in [1.82, 2.24) is 9.21 Å². The van der Waals surface area contributed by atoms with Crippen LogP contribution < -0.4 is 0 Å². The third kappa shape index (κ3) is 4.67. The van der Waals surface area contributed by atoms with E-state index in [1.54, 1.807) is 0 Å². The molecule has 2 aliphatic rings. The summed E-state index contributed by atoms with van der Waals surface area (Å²) in [6.45, 7) is 0.262. The van der Waals surface area contributed by atoms with Crippen LogP contribution >= 0.6 is 0 Å². The Morgan fingerprint density at radius 3 is 2.43 bits per heavy atom. The second-order valence-corrected chi connectivity index (χ2v) is 8.44. The number of sulfonamides is 1. The molecule has 7 nitrogen and oxygen atoms in total. The minimum Gasteiger partial charge on any atom is -0.467 e. The lowest BCUT2D eigenvalue weighted by molar-refractivity contribution is -0.155. The zero-order chi connectivity index (χ0) is 17.0. The summed E-state index contributed by atoms with van der Waals surface area (Å²) in [6, 6.07) is -0.600. The summed E-state index contributed by atoms with van der Waals surface area (Å²) in [6.07, 6.45) is 7.40. The number of amides is 1.